The first-order valence-corrected chi connectivity index (χ1v) is 8.87. The maximum atomic E-state index is 12.0. The number of hydrogen-bond donors (Lipinski definition) is 0. The van der Waals surface area contributed by atoms with E-state index in [0.29, 0.717) is 12.8 Å². The zero-order valence-electron chi connectivity index (χ0n) is 16.2. The van der Waals surface area contributed by atoms with Gasteiger partial charge in [-0.05, 0) is 38.8 Å². The summed E-state index contributed by atoms with van der Waals surface area (Å²) in [6, 6.07) is 19.2. The van der Waals surface area contributed by atoms with Gasteiger partial charge in [-0.3, -0.25) is 0 Å². The summed E-state index contributed by atoms with van der Waals surface area (Å²) in [4.78, 5) is 23.9. The Labute approximate surface area is 167 Å². The molecule has 0 aliphatic heterocycles. The second kappa shape index (κ2) is 9.93. The molecule has 2 aromatic rings. The first-order valence-electron chi connectivity index (χ1n) is 8.87. The topological polar surface area (TPSA) is 61.8 Å². The van der Waals surface area contributed by atoms with Gasteiger partial charge < -0.3 is 14.2 Å². The SMILES string of the molecule is C.CC(C)(Cc1ccccc1)OC(=O)OC(=O)OC(C)(C)Cc1ccccc1. The summed E-state index contributed by atoms with van der Waals surface area (Å²) in [6.45, 7) is 7.02. The highest BCUT2D eigenvalue weighted by Crippen LogP contribution is 2.20. The Morgan fingerprint density at radius 1 is 0.679 bits per heavy atom. The highest BCUT2D eigenvalue weighted by Gasteiger charge is 2.29. The van der Waals surface area contributed by atoms with Crippen molar-refractivity contribution < 1.29 is 23.8 Å². The monoisotopic (exact) mass is 386 g/mol. The fourth-order valence-corrected chi connectivity index (χ4v) is 2.81. The average molecular weight is 386 g/mol. The first kappa shape index (κ1) is 23.2. The summed E-state index contributed by atoms with van der Waals surface area (Å²) < 4.78 is 15.2. The maximum Gasteiger partial charge on any atom is 0.519 e. The summed E-state index contributed by atoms with van der Waals surface area (Å²) in [5.41, 5.74) is 0.389. The van der Waals surface area contributed by atoms with E-state index in [1.807, 2.05) is 60.7 Å². The van der Waals surface area contributed by atoms with Crippen LogP contribution in [0.5, 0.6) is 0 Å². The van der Waals surface area contributed by atoms with Gasteiger partial charge in [-0.25, -0.2) is 9.59 Å². The Morgan fingerprint density at radius 3 is 1.32 bits per heavy atom. The molecule has 0 atom stereocenters. The Balaban J connectivity index is 0.00000392. The van der Waals surface area contributed by atoms with Gasteiger partial charge in [0.1, 0.15) is 11.2 Å². The standard InChI is InChI=1S/C22H26O5.CH4/c1-21(2,15-17-11-7-5-8-12-17)26-19(23)25-20(24)27-22(3,4)16-18-13-9-6-10-14-18;/h5-14H,15-16H2,1-4H3;1H4. The molecule has 28 heavy (non-hydrogen) atoms. The van der Waals surface area contributed by atoms with Crippen molar-refractivity contribution in [2.75, 3.05) is 0 Å². The molecule has 0 amide bonds. The Kier molecular flexibility index (Phi) is 8.23. The van der Waals surface area contributed by atoms with Crippen LogP contribution < -0.4 is 0 Å². The van der Waals surface area contributed by atoms with Gasteiger partial charge >= 0.3 is 12.3 Å². The molecule has 2 aromatic carbocycles. The van der Waals surface area contributed by atoms with Crippen molar-refractivity contribution in [2.45, 2.75) is 59.2 Å². The van der Waals surface area contributed by atoms with Crippen molar-refractivity contribution in [2.24, 2.45) is 0 Å². The zero-order chi connectivity index (χ0) is 19.9. The second-order valence-electron chi connectivity index (χ2n) is 7.65. The van der Waals surface area contributed by atoms with E-state index in [2.05, 4.69) is 4.74 Å². The minimum atomic E-state index is -1.07. The van der Waals surface area contributed by atoms with Gasteiger partial charge in [-0.1, -0.05) is 68.1 Å². The van der Waals surface area contributed by atoms with Crippen LogP contribution in [-0.2, 0) is 27.1 Å². The van der Waals surface area contributed by atoms with E-state index < -0.39 is 23.5 Å². The smallest absolute Gasteiger partial charge is 0.427 e. The number of carbonyl (C=O) groups is 2. The van der Waals surface area contributed by atoms with Crippen molar-refractivity contribution >= 4 is 12.3 Å². The van der Waals surface area contributed by atoms with E-state index in [4.69, 9.17) is 9.47 Å². The number of hydrogen-bond acceptors (Lipinski definition) is 5. The lowest BCUT2D eigenvalue weighted by Crippen LogP contribution is -2.35. The molecule has 0 unspecified atom stereocenters. The molecule has 0 saturated heterocycles. The van der Waals surface area contributed by atoms with Crippen molar-refractivity contribution in [3.63, 3.8) is 0 Å². The van der Waals surface area contributed by atoms with E-state index in [9.17, 15) is 9.59 Å². The number of carbonyl (C=O) groups excluding carboxylic acids is 2. The normalized spacial score (nSPS) is 11.1. The molecule has 5 nitrogen and oxygen atoms in total. The summed E-state index contributed by atoms with van der Waals surface area (Å²) in [5, 5.41) is 0. The summed E-state index contributed by atoms with van der Waals surface area (Å²) in [6.07, 6.45) is -1.15. The van der Waals surface area contributed by atoms with Crippen LogP contribution >= 0.6 is 0 Å². The minimum Gasteiger partial charge on any atom is -0.427 e. The van der Waals surface area contributed by atoms with Crippen molar-refractivity contribution in [1.82, 2.24) is 0 Å². The molecule has 0 bridgehead atoms. The summed E-state index contributed by atoms with van der Waals surface area (Å²) in [5.74, 6) is 0. The van der Waals surface area contributed by atoms with Crippen LogP contribution in [0.1, 0.15) is 46.2 Å². The molecule has 0 aliphatic rings. The third kappa shape index (κ3) is 8.25. The number of benzene rings is 2. The Morgan fingerprint density at radius 2 is 1.00 bits per heavy atom. The fraction of sp³-hybridized carbons (Fsp3) is 0.391. The van der Waals surface area contributed by atoms with E-state index >= 15 is 0 Å². The predicted octanol–water partition coefficient (Wildman–Crippen LogP) is 5.95. The molecule has 0 saturated carbocycles. The first-order chi connectivity index (χ1) is 12.7. The number of ether oxygens (including phenoxy) is 3. The molecular weight excluding hydrogens is 356 g/mol. The van der Waals surface area contributed by atoms with Crippen LogP contribution in [0.2, 0.25) is 0 Å². The number of rotatable bonds is 6. The molecule has 5 heteroatoms. The van der Waals surface area contributed by atoms with Crippen LogP contribution in [0.25, 0.3) is 0 Å². The van der Waals surface area contributed by atoms with E-state index in [0.717, 1.165) is 11.1 Å². The van der Waals surface area contributed by atoms with Gasteiger partial charge in [0.05, 0.1) is 0 Å². The predicted molar refractivity (Wildman–Crippen MR) is 109 cm³/mol. The maximum absolute atomic E-state index is 12.0. The lowest BCUT2D eigenvalue weighted by Gasteiger charge is -2.26. The third-order valence-corrected chi connectivity index (χ3v) is 3.83. The van der Waals surface area contributed by atoms with Crippen molar-refractivity contribution in [3.05, 3.63) is 71.8 Å². The fourth-order valence-electron chi connectivity index (χ4n) is 2.81. The second-order valence-corrected chi connectivity index (χ2v) is 7.65. The van der Waals surface area contributed by atoms with Crippen LogP contribution in [0, 0.1) is 0 Å². The highest BCUT2D eigenvalue weighted by molar-refractivity contribution is 5.77. The quantitative estimate of drug-likeness (QED) is 0.453. The molecule has 152 valence electrons. The molecule has 0 N–H and O–H groups in total. The average Bonchev–Trinajstić information content (AvgIpc) is 2.54. The third-order valence-electron chi connectivity index (χ3n) is 3.83. The minimum absolute atomic E-state index is 0. The molecule has 0 aromatic heterocycles. The van der Waals surface area contributed by atoms with Gasteiger partial charge in [-0.15, -0.1) is 0 Å². The molecule has 0 radical (unpaired) electrons. The Hall–Kier alpha value is -2.82. The van der Waals surface area contributed by atoms with Gasteiger partial charge in [-0.2, -0.15) is 0 Å². The lowest BCUT2D eigenvalue weighted by atomic mass is 9.98. The molecular formula is C23H30O5. The molecule has 0 spiro atoms. The van der Waals surface area contributed by atoms with Gasteiger partial charge in [0.25, 0.3) is 0 Å². The van der Waals surface area contributed by atoms with Crippen molar-refractivity contribution in [1.29, 1.82) is 0 Å². The molecule has 0 heterocycles. The van der Waals surface area contributed by atoms with Gasteiger partial charge in [0.15, 0.2) is 0 Å². The van der Waals surface area contributed by atoms with Crippen LogP contribution in [0.3, 0.4) is 0 Å². The zero-order valence-corrected chi connectivity index (χ0v) is 16.2. The van der Waals surface area contributed by atoms with Crippen LogP contribution in [-0.4, -0.2) is 23.5 Å². The molecule has 0 fully saturated rings. The van der Waals surface area contributed by atoms with Crippen molar-refractivity contribution in [3.8, 4) is 0 Å². The Bertz CT molecular complexity index is 686. The lowest BCUT2D eigenvalue weighted by molar-refractivity contribution is -0.0381. The van der Waals surface area contributed by atoms with Gasteiger partial charge in [0, 0.05) is 12.8 Å². The highest BCUT2D eigenvalue weighted by atomic mass is 16.8. The van der Waals surface area contributed by atoms with Gasteiger partial charge in [0.2, 0.25) is 0 Å². The summed E-state index contributed by atoms with van der Waals surface area (Å²) >= 11 is 0. The van der Waals surface area contributed by atoms with E-state index in [1.165, 1.54) is 0 Å². The summed E-state index contributed by atoms with van der Waals surface area (Å²) in [7, 11) is 0. The van der Waals surface area contributed by atoms with Crippen LogP contribution in [0.4, 0.5) is 9.59 Å². The van der Waals surface area contributed by atoms with E-state index in [1.54, 1.807) is 27.7 Å². The molecule has 0 aliphatic carbocycles. The van der Waals surface area contributed by atoms with Crippen LogP contribution in [0.15, 0.2) is 60.7 Å². The molecule has 2 rings (SSSR count). The van der Waals surface area contributed by atoms with E-state index in [-0.39, 0.29) is 7.43 Å². The largest absolute Gasteiger partial charge is 0.519 e.